The minimum atomic E-state index is 0.355. The van der Waals surface area contributed by atoms with Crippen LogP contribution in [0, 0.1) is 0 Å². The molecule has 125 valence electrons. The number of rotatable bonds is 9. The van der Waals surface area contributed by atoms with Gasteiger partial charge in [-0.15, -0.1) is 0 Å². The van der Waals surface area contributed by atoms with Crippen LogP contribution in [0.2, 0.25) is 0 Å². The van der Waals surface area contributed by atoms with Gasteiger partial charge in [0.15, 0.2) is 0 Å². The molecule has 0 aliphatic heterocycles. The van der Waals surface area contributed by atoms with Crippen molar-refractivity contribution < 1.29 is 36.4 Å². The molecule has 0 unspecified atom stereocenters. The van der Waals surface area contributed by atoms with Crippen molar-refractivity contribution in [3.8, 4) is 0 Å². The Morgan fingerprint density at radius 1 is 0.550 bits per heavy atom. The van der Waals surface area contributed by atoms with Gasteiger partial charge in [-0.1, -0.05) is 59.3 Å². The quantitative estimate of drug-likeness (QED) is 0.566. The van der Waals surface area contributed by atoms with Crippen molar-refractivity contribution in [2.45, 2.75) is 78.6 Å². The molecule has 0 aliphatic rings. The Bertz CT molecular complexity index is 85.0. The Morgan fingerprint density at radius 3 is 0.800 bits per heavy atom. The molecule has 0 bridgehead atoms. The standard InChI is InChI=1S/3C5H12O.O.V/c3*1-2-3-4-5-6;;/h3*6H,2-5H2,1H3;;. The number of unbranched alkanes of at least 4 members (excludes halogenated alkanes) is 6. The van der Waals surface area contributed by atoms with E-state index >= 15 is 0 Å². The Hall–Kier alpha value is 0.264. The van der Waals surface area contributed by atoms with E-state index in [1.807, 2.05) is 0 Å². The van der Waals surface area contributed by atoms with E-state index in [4.69, 9.17) is 19.0 Å². The van der Waals surface area contributed by atoms with Crippen molar-refractivity contribution in [3.63, 3.8) is 0 Å². The molecule has 0 atom stereocenters. The summed E-state index contributed by atoms with van der Waals surface area (Å²) >= 11 is 1.06. The SMILES string of the molecule is CCCCCO.CCCCCO.CCCCCO.[O]=[V]. The summed E-state index contributed by atoms with van der Waals surface area (Å²) in [5, 5.41) is 24.6. The molecule has 0 aliphatic carbocycles. The second-order valence-electron chi connectivity index (χ2n) is 4.29. The molecule has 0 saturated heterocycles. The van der Waals surface area contributed by atoms with Gasteiger partial charge in [0.25, 0.3) is 0 Å². The van der Waals surface area contributed by atoms with Gasteiger partial charge in [-0.3, -0.25) is 0 Å². The van der Waals surface area contributed by atoms with E-state index in [1.165, 1.54) is 19.3 Å². The molecule has 0 aromatic heterocycles. The molecule has 0 amide bonds. The van der Waals surface area contributed by atoms with Crippen LogP contribution in [-0.4, -0.2) is 35.1 Å². The van der Waals surface area contributed by atoms with Gasteiger partial charge in [-0.05, 0) is 19.3 Å². The second-order valence-corrected chi connectivity index (χ2v) is 4.29. The number of aliphatic hydroxyl groups is 3. The van der Waals surface area contributed by atoms with Gasteiger partial charge >= 0.3 is 21.0 Å². The maximum atomic E-state index is 8.20. The molecule has 0 spiro atoms. The molecule has 0 saturated carbocycles. The molecule has 4 nitrogen and oxygen atoms in total. The van der Waals surface area contributed by atoms with Crippen LogP contribution < -0.4 is 0 Å². The minimum absolute atomic E-state index is 0.355. The first-order valence-corrected chi connectivity index (χ1v) is 8.32. The summed E-state index contributed by atoms with van der Waals surface area (Å²) in [6.07, 6.45) is 9.98. The zero-order valence-electron chi connectivity index (χ0n) is 13.7. The molecular formula is C15H36O4V. The van der Waals surface area contributed by atoms with E-state index in [0.29, 0.717) is 19.8 Å². The fourth-order valence-electron chi connectivity index (χ4n) is 1.09. The van der Waals surface area contributed by atoms with Crippen molar-refractivity contribution in [1.82, 2.24) is 0 Å². The van der Waals surface area contributed by atoms with Crippen LogP contribution in [0.15, 0.2) is 0 Å². The van der Waals surface area contributed by atoms with Crippen molar-refractivity contribution in [2.24, 2.45) is 0 Å². The summed E-state index contributed by atoms with van der Waals surface area (Å²) in [5.74, 6) is 0. The number of hydrogen-bond acceptors (Lipinski definition) is 4. The van der Waals surface area contributed by atoms with Crippen molar-refractivity contribution in [1.29, 1.82) is 0 Å². The van der Waals surface area contributed by atoms with Gasteiger partial charge in [-0.2, -0.15) is 0 Å². The predicted molar refractivity (Wildman–Crippen MR) is 80.5 cm³/mol. The molecule has 0 rings (SSSR count). The van der Waals surface area contributed by atoms with Gasteiger partial charge in [0.2, 0.25) is 0 Å². The summed E-state index contributed by atoms with van der Waals surface area (Å²) in [7, 11) is 0. The molecule has 5 heteroatoms. The second kappa shape index (κ2) is 42.7. The van der Waals surface area contributed by atoms with Gasteiger partial charge in [-0.25, -0.2) is 0 Å². The zero-order valence-corrected chi connectivity index (χ0v) is 15.1. The van der Waals surface area contributed by atoms with Crippen LogP contribution in [0.3, 0.4) is 0 Å². The maximum absolute atomic E-state index is 8.20. The summed E-state index contributed by atoms with van der Waals surface area (Å²) < 4.78 is 8.19. The normalized spacial score (nSPS) is 8.25. The predicted octanol–water partition coefficient (Wildman–Crippen LogP) is 3.39. The molecule has 3 N–H and O–H groups in total. The fourth-order valence-corrected chi connectivity index (χ4v) is 1.09. The third-order valence-corrected chi connectivity index (χ3v) is 2.29. The van der Waals surface area contributed by atoms with Crippen LogP contribution in [0.25, 0.3) is 0 Å². The number of hydrogen-bond donors (Lipinski definition) is 3. The van der Waals surface area contributed by atoms with E-state index in [9.17, 15) is 0 Å². The third kappa shape index (κ3) is 63.4. The monoisotopic (exact) mass is 331 g/mol. The van der Waals surface area contributed by atoms with Gasteiger partial charge in [0.1, 0.15) is 0 Å². The molecule has 0 aromatic rings. The van der Waals surface area contributed by atoms with Gasteiger partial charge < -0.3 is 15.3 Å². The van der Waals surface area contributed by atoms with Crippen molar-refractivity contribution in [2.75, 3.05) is 19.8 Å². The Balaban J connectivity index is -0.0000000902. The van der Waals surface area contributed by atoms with E-state index < -0.39 is 0 Å². The van der Waals surface area contributed by atoms with Crippen LogP contribution in [0.4, 0.5) is 0 Å². The Labute approximate surface area is 135 Å². The topological polar surface area (TPSA) is 77.8 Å². The molecule has 0 aromatic carbocycles. The van der Waals surface area contributed by atoms with Crippen molar-refractivity contribution in [3.05, 3.63) is 0 Å². The Morgan fingerprint density at radius 2 is 0.750 bits per heavy atom. The average molecular weight is 331 g/mol. The first kappa shape index (κ1) is 28.4. The molecule has 0 radical (unpaired) electrons. The van der Waals surface area contributed by atoms with Gasteiger partial charge in [0.05, 0.1) is 0 Å². The third-order valence-electron chi connectivity index (χ3n) is 2.29. The first-order valence-electron chi connectivity index (χ1n) is 7.75. The molecule has 0 fully saturated rings. The average Bonchev–Trinajstić information content (AvgIpc) is 2.52. The molecule has 20 heavy (non-hydrogen) atoms. The van der Waals surface area contributed by atoms with Crippen LogP contribution >= 0.6 is 0 Å². The first-order chi connectivity index (χ1) is 9.74. The zero-order chi connectivity index (χ0) is 16.5. The molecular weight excluding hydrogens is 295 g/mol. The van der Waals surface area contributed by atoms with Crippen LogP contribution in [0.1, 0.15) is 78.6 Å². The van der Waals surface area contributed by atoms with Crippen LogP contribution in [-0.2, 0) is 21.0 Å². The summed E-state index contributed by atoms with van der Waals surface area (Å²) in [4.78, 5) is 0. The number of aliphatic hydroxyl groups excluding tert-OH is 3. The van der Waals surface area contributed by atoms with Crippen LogP contribution in [0.5, 0.6) is 0 Å². The summed E-state index contributed by atoms with van der Waals surface area (Å²) in [6.45, 7) is 7.43. The summed E-state index contributed by atoms with van der Waals surface area (Å²) in [5.41, 5.74) is 0. The van der Waals surface area contributed by atoms with Crippen molar-refractivity contribution >= 4 is 0 Å². The van der Waals surface area contributed by atoms with E-state index in [1.54, 1.807) is 0 Å². The van der Waals surface area contributed by atoms with E-state index in [2.05, 4.69) is 20.8 Å². The molecule has 0 heterocycles. The fraction of sp³-hybridized carbons (Fsp3) is 1.00. The summed E-state index contributed by atoms with van der Waals surface area (Å²) in [6, 6.07) is 0. The van der Waals surface area contributed by atoms with Gasteiger partial charge in [0, 0.05) is 19.8 Å². The van der Waals surface area contributed by atoms with E-state index in [0.717, 1.165) is 55.9 Å². The Kier molecular flexibility index (Phi) is 60.7. The van der Waals surface area contributed by atoms with E-state index in [-0.39, 0.29) is 0 Å².